The minimum Gasteiger partial charge on any atom is -0.494 e. The zero-order valence-corrected chi connectivity index (χ0v) is 16.4. The molecule has 5 nitrogen and oxygen atoms in total. The number of hydrogen-bond donors (Lipinski definition) is 1. The van der Waals surface area contributed by atoms with E-state index in [4.69, 9.17) is 9.15 Å². The molecule has 0 aliphatic heterocycles. The third-order valence-corrected chi connectivity index (χ3v) is 5.30. The molecular formula is C21H21N3O2S. The van der Waals surface area contributed by atoms with Crippen LogP contribution in [-0.2, 0) is 6.54 Å². The zero-order valence-electron chi connectivity index (χ0n) is 15.6. The van der Waals surface area contributed by atoms with Gasteiger partial charge in [-0.1, -0.05) is 12.1 Å². The minimum absolute atomic E-state index is 0.580. The van der Waals surface area contributed by atoms with Crippen molar-refractivity contribution in [3.05, 3.63) is 59.1 Å². The van der Waals surface area contributed by atoms with E-state index in [0.29, 0.717) is 13.2 Å². The second-order valence-corrected chi connectivity index (χ2v) is 7.43. The Morgan fingerprint density at radius 3 is 2.63 bits per heavy atom. The second-order valence-electron chi connectivity index (χ2n) is 6.22. The van der Waals surface area contributed by atoms with Crippen molar-refractivity contribution < 1.29 is 9.15 Å². The lowest BCUT2D eigenvalue weighted by molar-refractivity contribution is 0.340. The third-order valence-electron chi connectivity index (χ3n) is 4.30. The minimum atomic E-state index is 0.580. The fourth-order valence-corrected chi connectivity index (χ4v) is 4.25. The molecule has 1 N–H and O–H groups in total. The Morgan fingerprint density at radius 2 is 1.93 bits per heavy atom. The van der Waals surface area contributed by atoms with Gasteiger partial charge in [-0.3, -0.25) is 0 Å². The first-order valence-corrected chi connectivity index (χ1v) is 9.74. The number of rotatable bonds is 6. The van der Waals surface area contributed by atoms with Crippen molar-refractivity contribution in [2.75, 3.05) is 11.9 Å². The number of anilines is 1. The van der Waals surface area contributed by atoms with Crippen LogP contribution in [0.1, 0.15) is 23.4 Å². The van der Waals surface area contributed by atoms with Crippen molar-refractivity contribution in [3.63, 3.8) is 0 Å². The Hall–Kier alpha value is -2.86. The van der Waals surface area contributed by atoms with Gasteiger partial charge in [-0.05, 0) is 50.6 Å². The number of hydrogen-bond acceptors (Lipinski definition) is 6. The van der Waals surface area contributed by atoms with E-state index in [1.165, 1.54) is 10.4 Å². The topological polar surface area (TPSA) is 60.2 Å². The van der Waals surface area contributed by atoms with Gasteiger partial charge in [0, 0.05) is 10.4 Å². The molecule has 138 valence electrons. The van der Waals surface area contributed by atoms with Crippen LogP contribution >= 0.6 is 11.3 Å². The van der Waals surface area contributed by atoms with Crippen molar-refractivity contribution in [1.29, 1.82) is 0 Å². The molecule has 3 heterocycles. The Kier molecular flexibility index (Phi) is 4.81. The molecule has 0 saturated carbocycles. The fourth-order valence-electron chi connectivity index (χ4n) is 3.16. The van der Waals surface area contributed by atoms with Crippen LogP contribution in [0.3, 0.4) is 0 Å². The molecule has 3 aromatic heterocycles. The summed E-state index contributed by atoms with van der Waals surface area (Å²) in [4.78, 5) is 11.5. The van der Waals surface area contributed by atoms with Gasteiger partial charge in [-0.25, -0.2) is 9.97 Å². The number of aromatic nitrogens is 2. The number of nitrogens with one attached hydrogen (secondary N) is 1. The summed E-state index contributed by atoms with van der Waals surface area (Å²) in [5.74, 6) is 3.33. The summed E-state index contributed by atoms with van der Waals surface area (Å²) in [5, 5.41) is 4.48. The molecule has 0 amide bonds. The SMILES string of the molecule is CCOc1ccc(-c2c(C)sc3nc(C)nc(NCc4ccco4)c23)cc1. The lowest BCUT2D eigenvalue weighted by Gasteiger charge is -2.10. The quantitative estimate of drug-likeness (QED) is 0.474. The van der Waals surface area contributed by atoms with Gasteiger partial charge in [0.05, 0.1) is 24.8 Å². The molecule has 6 heteroatoms. The highest BCUT2D eigenvalue weighted by atomic mass is 32.1. The normalized spacial score (nSPS) is 11.1. The van der Waals surface area contributed by atoms with Crippen molar-refractivity contribution in [2.45, 2.75) is 27.3 Å². The number of benzene rings is 1. The highest BCUT2D eigenvalue weighted by Crippen LogP contribution is 2.41. The summed E-state index contributed by atoms with van der Waals surface area (Å²) >= 11 is 1.69. The number of ether oxygens (including phenoxy) is 1. The van der Waals surface area contributed by atoms with Crippen LogP contribution < -0.4 is 10.1 Å². The third kappa shape index (κ3) is 3.53. The number of furan rings is 1. The maximum Gasteiger partial charge on any atom is 0.139 e. The van der Waals surface area contributed by atoms with Gasteiger partial charge in [0.1, 0.15) is 28.0 Å². The number of fused-ring (bicyclic) bond motifs is 1. The summed E-state index contributed by atoms with van der Waals surface area (Å²) in [6, 6.07) is 12.0. The molecule has 0 fully saturated rings. The molecule has 4 aromatic rings. The predicted molar refractivity (Wildman–Crippen MR) is 110 cm³/mol. The van der Waals surface area contributed by atoms with E-state index in [0.717, 1.165) is 38.9 Å². The van der Waals surface area contributed by atoms with Gasteiger partial charge >= 0.3 is 0 Å². The zero-order chi connectivity index (χ0) is 18.8. The molecule has 27 heavy (non-hydrogen) atoms. The molecule has 0 aliphatic rings. The van der Waals surface area contributed by atoms with Crippen LogP contribution in [0.5, 0.6) is 5.75 Å². The second kappa shape index (κ2) is 7.40. The Labute approximate surface area is 162 Å². The van der Waals surface area contributed by atoms with Gasteiger partial charge in [-0.15, -0.1) is 11.3 Å². The first-order valence-electron chi connectivity index (χ1n) is 8.93. The summed E-state index contributed by atoms with van der Waals surface area (Å²) in [7, 11) is 0. The fraction of sp³-hybridized carbons (Fsp3) is 0.238. The highest BCUT2D eigenvalue weighted by Gasteiger charge is 2.18. The van der Waals surface area contributed by atoms with Crippen LogP contribution in [0, 0.1) is 13.8 Å². The van der Waals surface area contributed by atoms with E-state index in [1.807, 2.05) is 38.1 Å². The lowest BCUT2D eigenvalue weighted by atomic mass is 10.0. The highest BCUT2D eigenvalue weighted by molar-refractivity contribution is 7.19. The van der Waals surface area contributed by atoms with Gasteiger partial charge in [0.2, 0.25) is 0 Å². The van der Waals surface area contributed by atoms with Crippen molar-refractivity contribution in [2.24, 2.45) is 0 Å². The molecule has 0 aliphatic carbocycles. The average Bonchev–Trinajstić information content (AvgIpc) is 3.28. The molecule has 0 unspecified atom stereocenters. The van der Waals surface area contributed by atoms with E-state index in [9.17, 15) is 0 Å². The predicted octanol–water partition coefficient (Wildman–Crippen LogP) is 5.58. The van der Waals surface area contributed by atoms with Crippen LogP contribution in [0.4, 0.5) is 5.82 Å². The maximum absolute atomic E-state index is 5.57. The van der Waals surface area contributed by atoms with Crippen molar-refractivity contribution in [3.8, 4) is 16.9 Å². The molecule has 0 bridgehead atoms. The van der Waals surface area contributed by atoms with Crippen LogP contribution in [-0.4, -0.2) is 16.6 Å². The van der Waals surface area contributed by atoms with E-state index in [-0.39, 0.29) is 0 Å². The Bertz CT molecular complexity index is 1050. The van der Waals surface area contributed by atoms with E-state index >= 15 is 0 Å². The summed E-state index contributed by atoms with van der Waals surface area (Å²) in [5.41, 5.74) is 2.30. The smallest absolute Gasteiger partial charge is 0.139 e. The van der Waals surface area contributed by atoms with Crippen molar-refractivity contribution in [1.82, 2.24) is 9.97 Å². The standard InChI is InChI=1S/C21H21N3O2S/c1-4-25-16-9-7-15(8-10-16)18-13(2)27-21-19(18)20(23-14(3)24-21)22-12-17-6-5-11-26-17/h5-11H,4,12H2,1-3H3,(H,22,23,24). The molecule has 0 saturated heterocycles. The lowest BCUT2D eigenvalue weighted by Crippen LogP contribution is -2.03. The molecule has 0 atom stereocenters. The van der Waals surface area contributed by atoms with Crippen molar-refractivity contribution >= 4 is 27.4 Å². The number of aryl methyl sites for hydroxylation is 2. The first kappa shape index (κ1) is 17.5. The monoisotopic (exact) mass is 379 g/mol. The summed E-state index contributed by atoms with van der Waals surface area (Å²) < 4.78 is 11.0. The summed E-state index contributed by atoms with van der Waals surface area (Å²) in [6.45, 7) is 7.28. The molecule has 0 spiro atoms. The molecular weight excluding hydrogens is 358 g/mol. The molecule has 1 aromatic carbocycles. The molecule has 4 rings (SSSR count). The van der Waals surface area contributed by atoms with E-state index < -0.39 is 0 Å². The Balaban J connectivity index is 1.78. The van der Waals surface area contributed by atoms with Gasteiger partial charge in [0.15, 0.2) is 0 Å². The van der Waals surface area contributed by atoms with Crippen LogP contribution in [0.25, 0.3) is 21.3 Å². The average molecular weight is 379 g/mol. The largest absolute Gasteiger partial charge is 0.494 e. The van der Waals surface area contributed by atoms with E-state index in [1.54, 1.807) is 17.6 Å². The first-order chi connectivity index (χ1) is 13.2. The van der Waals surface area contributed by atoms with Gasteiger partial charge in [0.25, 0.3) is 0 Å². The van der Waals surface area contributed by atoms with Gasteiger partial charge < -0.3 is 14.5 Å². The van der Waals surface area contributed by atoms with Gasteiger partial charge in [-0.2, -0.15) is 0 Å². The van der Waals surface area contributed by atoms with E-state index in [2.05, 4.69) is 34.3 Å². The van der Waals surface area contributed by atoms with Crippen LogP contribution in [0.2, 0.25) is 0 Å². The van der Waals surface area contributed by atoms with Crippen LogP contribution in [0.15, 0.2) is 47.1 Å². The maximum atomic E-state index is 5.57. The Morgan fingerprint density at radius 1 is 1.11 bits per heavy atom. The molecule has 0 radical (unpaired) electrons. The number of nitrogens with zero attached hydrogens (tertiary/aromatic N) is 2. The number of thiophene rings is 1. The summed E-state index contributed by atoms with van der Waals surface area (Å²) in [6.07, 6.45) is 1.68.